The summed E-state index contributed by atoms with van der Waals surface area (Å²) in [5.41, 5.74) is 0. The van der Waals surface area contributed by atoms with E-state index in [4.69, 9.17) is 6.42 Å². The second-order valence-electron chi connectivity index (χ2n) is 2.66. The van der Waals surface area contributed by atoms with Crippen molar-refractivity contribution in [3.05, 3.63) is 0 Å². The van der Waals surface area contributed by atoms with Crippen LogP contribution in [0.15, 0.2) is 0 Å². The molecule has 0 spiro atoms. The average molecular weight is 123 g/mol. The molecule has 1 aliphatic heterocycles. The van der Waals surface area contributed by atoms with Crippen LogP contribution in [0.5, 0.6) is 0 Å². The van der Waals surface area contributed by atoms with Crippen molar-refractivity contribution in [1.29, 1.82) is 0 Å². The Morgan fingerprint density at radius 2 is 2.56 bits per heavy atom. The summed E-state index contributed by atoms with van der Waals surface area (Å²) < 4.78 is 0. The highest BCUT2D eigenvalue weighted by molar-refractivity contribution is 4.98. The molecule has 0 aromatic rings. The van der Waals surface area contributed by atoms with Crippen LogP contribution in [0.25, 0.3) is 0 Å². The zero-order valence-electron chi connectivity index (χ0n) is 5.85. The number of terminal acetylenes is 1. The second-order valence-corrected chi connectivity index (χ2v) is 2.66. The Labute approximate surface area is 56.8 Å². The Hall–Kier alpha value is -0.480. The SMILES string of the molecule is C#CC(C)C1CCCN1. The van der Waals surface area contributed by atoms with Crippen molar-refractivity contribution in [2.75, 3.05) is 6.54 Å². The Morgan fingerprint density at radius 1 is 1.78 bits per heavy atom. The van der Waals surface area contributed by atoms with Crippen LogP contribution >= 0.6 is 0 Å². The van der Waals surface area contributed by atoms with Crippen LogP contribution in [-0.2, 0) is 0 Å². The van der Waals surface area contributed by atoms with Gasteiger partial charge in [-0.3, -0.25) is 0 Å². The van der Waals surface area contributed by atoms with E-state index in [1.807, 2.05) is 0 Å². The lowest BCUT2D eigenvalue weighted by atomic mass is 10.0. The normalized spacial score (nSPS) is 29.6. The Kier molecular flexibility index (Phi) is 2.13. The van der Waals surface area contributed by atoms with E-state index in [0.717, 1.165) is 6.54 Å². The number of hydrogen-bond acceptors (Lipinski definition) is 1. The van der Waals surface area contributed by atoms with Gasteiger partial charge in [-0.05, 0) is 26.3 Å². The summed E-state index contributed by atoms with van der Waals surface area (Å²) >= 11 is 0. The minimum absolute atomic E-state index is 0.410. The standard InChI is InChI=1S/C8H13N/c1-3-7(2)8-5-4-6-9-8/h1,7-9H,4-6H2,2H3. The molecule has 9 heavy (non-hydrogen) atoms. The average Bonchev–Trinajstić information content (AvgIpc) is 2.37. The minimum Gasteiger partial charge on any atom is -0.313 e. The van der Waals surface area contributed by atoms with Crippen LogP contribution in [0.1, 0.15) is 19.8 Å². The molecule has 0 saturated carbocycles. The molecule has 0 aliphatic carbocycles. The molecule has 1 saturated heterocycles. The molecule has 1 N–H and O–H groups in total. The maximum Gasteiger partial charge on any atom is 0.0325 e. The summed E-state index contributed by atoms with van der Waals surface area (Å²) in [5, 5.41) is 3.36. The molecule has 2 atom stereocenters. The van der Waals surface area contributed by atoms with Gasteiger partial charge in [-0.2, -0.15) is 0 Å². The molecule has 1 heterocycles. The number of rotatable bonds is 1. The van der Waals surface area contributed by atoms with Crippen LogP contribution in [-0.4, -0.2) is 12.6 Å². The van der Waals surface area contributed by atoms with E-state index < -0.39 is 0 Å². The number of nitrogens with one attached hydrogen (secondary N) is 1. The quantitative estimate of drug-likeness (QED) is 0.513. The van der Waals surface area contributed by atoms with Crippen LogP contribution in [0.2, 0.25) is 0 Å². The van der Waals surface area contributed by atoms with Gasteiger partial charge in [-0.15, -0.1) is 12.3 Å². The van der Waals surface area contributed by atoms with Gasteiger partial charge in [0.05, 0.1) is 0 Å². The summed E-state index contributed by atoms with van der Waals surface area (Å²) in [7, 11) is 0. The molecule has 1 rings (SSSR count). The molecule has 50 valence electrons. The molecule has 1 fully saturated rings. The topological polar surface area (TPSA) is 12.0 Å². The predicted octanol–water partition coefficient (Wildman–Crippen LogP) is 1.01. The third-order valence-electron chi connectivity index (χ3n) is 1.96. The van der Waals surface area contributed by atoms with Crippen molar-refractivity contribution >= 4 is 0 Å². The molecule has 0 aromatic carbocycles. The Morgan fingerprint density at radius 3 is 3.00 bits per heavy atom. The lowest BCUT2D eigenvalue weighted by Crippen LogP contribution is -2.27. The fourth-order valence-corrected chi connectivity index (χ4v) is 1.25. The van der Waals surface area contributed by atoms with Crippen molar-refractivity contribution in [2.24, 2.45) is 5.92 Å². The van der Waals surface area contributed by atoms with Crippen molar-refractivity contribution in [3.8, 4) is 12.3 Å². The van der Waals surface area contributed by atoms with Gasteiger partial charge in [-0.1, -0.05) is 0 Å². The molecule has 2 unspecified atom stereocenters. The summed E-state index contributed by atoms with van der Waals surface area (Å²) in [6.07, 6.45) is 7.81. The number of hydrogen-bond donors (Lipinski definition) is 1. The fraction of sp³-hybridized carbons (Fsp3) is 0.750. The van der Waals surface area contributed by atoms with Crippen molar-refractivity contribution in [3.63, 3.8) is 0 Å². The van der Waals surface area contributed by atoms with Crippen molar-refractivity contribution in [2.45, 2.75) is 25.8 Å². The van der Waals surface area contributed by atoms with Crippen molar-refractivity contribution in [1.82, 2.24) is 5.32 Å². The van der Waals surface area contributed by atoms with E-state index in [1.165, 1.54) is 12.8 Å². The Bertz CT molecular complexity index is 117. The lowest BCUT2D eigenvalue weighted by Gasteiger charge is -2.12. The molecular formula is C8H13N. The maximum absolute atomic E-state index is 5.26. The molecule has 1 heteroatoms. The van der Waals surface area contributed by atoms with Gasteiger partial charge in [0.25, 0.3) is 0 Å². The minimum atomic E-state index is 0.410. The van der Waals surface area contributed by atoms with Gasteiger partial charge in [-0.25, -0.2) is 0 Å². The maximum atomic E-state index is 5.26. The van der Waals surface area contributed by atoms with E-state index in [-0.39, 0.29) is 0 Å². The van der Waals surface area contributed by atoms with Crippen LogP contribution in [0.3, 0.4) is 0 Å². The monoisotopic (exact) mass is 123 g/mol. The summed E-state index contributed by atoms with van der Waals surface area (Å²) in [6.45, 7) is 3.25. The molecule has 0 aromatic heterocycles. The largest absolute Gasteiger partial charge is 0.313 e. The van der Waals surface area contributed by atoms with E-state index >= 15 is 0 Å². The lowest BCUT2D eigenvalue weighted by molar-refractivity contribution is 0.505. The van der Waals surface area contributed by atoms with Crippen molar-refractivity contribution < 1.29 is 0 Å². The van der Waals surface area contributed by atoms with Gasteiger partial charge < -0.3 is 5.32 Å². The van der Waals surface area contributed by atoms with Crippen LogP contribution < -0.4 is 5.32 Å². The summed E-state index contributed by atoms with van der Waals surface area (Å²) in [6, 6.07) is 0.593. The highest BCUT2D eigenvalue weighted by Gasteiger charge is 2.18. The first-order chi connectivity index (χ1) is 4.34. The van der Waals surface area contributed by atoms with Gasteiger partial charge in [0.2, 0.25) is 0 Å². The van der Waals surface area contributed by atoms with E-state index in [9.17, 15) is 0 Å². The molecule has 1 nitrogen and oxygen atoms in total. The molecule has 0 bridgehead atoms. The van der Waals surface area contributed by atoms with Gasteiger partial charge in [0.1, 0.15) is 0 Å². The Balaban J connectivity index is 2.34. The fourth-order valence-electron chi connectivity index (χ4n) is 1.25. The van der Waals surface area contributed by atoms with E-state index in [2.05, 4.69) is 18.2 Å². The van der Waals surface area contributed by atoms with Gasteiger partial charge in [0, 0.05) is 12.0 Å². The zero-order chi connectivity index (χ0) is 6.69. The first kappa shape index (κ1) is 6.64. The summed E-state index contributed by atoms with van der Waals surface area (Å²) in [5.74, 6) is 3.15. The van der Waals surface area contributed by atoms with Crippen LogP contribution in [0, 0.1) is 18.3 Å². The van der Waals surface area contributed by atoms with Crippen LogP contribution in [0.4, 0.5) is 0 Å². The zero-order valence-corrected chi connectivity index (χ0v) is 5.85. The molecule has 1 aliphatic rings. The first-order valence-corrected chi connectivity index (χ1v) is 3.54. The third-order valence-corrected chi connectivity index (χ3v) is 1.96. The molecular weight excluding hydrogens is 110 g/mol. The van der Waals surface area contributed by atoms with E-state index in [1.54, 1.807) is 0 Å². The molecule has 0 amide bonds. The smallest absolute Gasteiger partial charge is 0.0325 e. The highest BCUT2D eigenvalue weighted by Crippen LogP contribution is 2.12. The van der Waals surface area contributed by atoms with Gasteiger partial charge >= 0.3 is 0 Å². The summed E-state index contributed by atoms with van der Waals surface area (Å²) in [4.78, 5) is 0. The second kappa shape index (κ2) is 2.89. The first-order valence-electron chi connectivity index (χ1n) is 3.54. The van der Waals surface area contributed by atoms with Gasteiger partial charge in [0.15, 0.2) is 0 Å². The predicted molar refractivity (Wildman–Crippen MR) is 39.0 cm³/mol. The molecule has 0 radical (unpaired) electrons. The van der Waals surface area contributed by atoms with E-state index in [0.29, 0.717) is 12.0 Å². The highest BCUT2D eigenvalue weighted by atomic mass is 14.9. The third kappa shape index (κ3) is 1.46.